The molecule has 0 spiro atoms. The first-order valence-corrected chi connectivity index (χ1v) is 7.71. The fourth-order valence-electron chi connectivity index (χ4n) is 2.14. The maximum Gasteiger partial charge on any atom is 0.227 e. The smallest absolute Gasteiger partial charge is 0.227 e. The second-order valence-electron chi connectivity index (χ2n) is 5.28. The van der Waals surface area contributed by atoms with Crippen molar-refractivity contribution in [3.8, 4) is 5.75 Å². The highest BCUT2D eigenvalue weighted by molar-refractivity contribution is 5.94. The van der Waals surface area contributed by atoms with E-state index in [-0.39, 0.29) is 18.1 Å². The fourth-order valence-corrected chi connectivity index (χ4v) is 2.14. The molecular formula is C19H21NO3. The molecule has 1 N–H and O–H groups in total. The number of ketones is 1. The van der Waals surface area contributed by atoms with E-state index in [1.165, 1.54) is 12.5 Å². The highest BCUT2D eigenvalue weighted by Gasteiger charge is 2.04. The summed E-state index contributed by atoms with van der Waals surface area (Å²) in [6.45, 7) is 3.89. The van der Waals surface area contributed by atoms with Crippen LogP contribution in [0.2, 0.25) is 0 Å². The Balaban J connectivity index is 1.79. The topological polar surface area (TPSA) is 55.4 Å². The van der Waals surface area contributed by atoms with E-state index in [0.29, 0.717) is 17.9 Å². The molecule has 2 rings (SSSR count). The van der Waals surface area contributed by atoms with E-state index in [2.05, 4.69) is 12.2 Å². The lowest BCUT2D eigenvalue weighted by atomic mass is 10.1. The van der Waals surface area contributed by atoms with Crippen molar-refractivity contribution in [3.05, 3.63) is 59.7 Å². The van der Waals surface area contributed by atoms with Gasteiger partial charge in [-0.25, -0.2) is 0 Å². The molecule has 0 radical (unpaired) electrons. The van der Waals surface area contributed by atoms with Crippen LogP contribution in [0, 0.1) is 0 Å². The Hall–Kier alpha value is -2.62. The van der Waals surface area contributed by atoms with Gasteiger partial charge in [0.1, 0.15) is 5.75 Å². The molecule has 0 aliphatic carbocycles. The Labute approximate surface area is 136 Å². The molecule has 0 atom stereocenters. The van der Waals surface area contributed by atoms with Gasteiger partial charge in [0.2, 0.25) is 5.91 Å². The largest absolute Gasteiger partial charge is 0.493 e. The van der Waals surface area contributed by atoms with E-state index < -0.39 is 0 Å². The van der Waals surface area contributed by atoms with Crippen LogP contribution in [0.15, 0.2) is 48.5 Å². The minimum Gasteiger partial charge on any atom is -0.493 e. The van der Waals surface area contributed by atoms with Crippen LogP contribution >= 0.6 is 0 Å². The van der Waals surface area contributed by atoms with E-state index >= 15 is 0 Å². The van der Waals surface area contributed by atoms with Crippen molar-refractivity contribution < 1.29 is 14.3 Å². The van der Waals surface area contributed by atoms with Gasteiger partial charge >= 0.3 is 0 Å². The van der Waals surface area contributed by atoms with Crippen molar-refractivity contribution >= 4 is 17.4 Å². The molecule has 0 unspecified atom stereocenters. The maximum absolute atomic E-state index is 11.9. The average molecular weight is 311 g/mol. The summed E-state index contributed by atoms with van der Waals surface area (Å²) in [5.74, 6) is 0.583. The van der Waals surface area contributed by atoms with Crippen molar-refractivity contribution in [2.45, 2.75) is 26.7 Å². The summed E-state index contributed by atoms with van der Waals surface area (Å²) in [4.78, 5) is 23.1. The van der Waals surface area contributed by atoms with Gasteiger partial charge in [0, 0.05) is 11.3 Å². The van der Waals surface area contributed by atoms with E-state index in [1.807, 2.05) is 24.3 Å². The van der Waals surface area contributed by atoms with Crippen LogP contribution in [0.3, 0.4) is 0 Å². The molecule has 0 bridgehead atoms. The molecule has 0 aliphatic heterocycles. The number of carbonyl (C=O) groups excluding carboxylic acids is 2. The maximum atomic E-state index is 11.9. The Kier molecular flexibility index (Phi) is 5.92. The van der Waals surface area contributed by atoms with Crippen LogP contribution in [0.25, 0.3) is 0 Å². The van der Waals surface area contributed by atoms with Crippen LogP contribution in [-0.2, 0) is 11.2 Å². The van der Waals surface area contributed by atoms with Crippen molar-refractivity contribution in [1.82, 2.24) is 0 Å². The zero-order valence-corrected chi connectivity index (χ0v) is 13.5. The number of nitrogens with one attached hydrogen (secondary N) is 1. The van der Waals surface area contributed by atoms with Crippen molar-refractivity contribution in [3.63, 3.8) is 0 Å². The van der Waals surface area contributed by atoms with E-state index in [4.69, 9.17) is 4.74 Å². The normalized spacial score (nSPS) is 10.2. The number of aryl methyl sites for hydroxylation is 1. The fraction of sp³-hybridized carbons (Fsp3) is 0.263. The molecular weight excluding hydrogens is 290 g/mol. The minimum absolute atomic E-state index is 0.0187. The lowest BCUT2D eigenvalue weighted by Gasteiger charge is -2.08. The van der Waals surface area contributed by atoms with Gasteiger partial charge in [0.25, 0.3) is 0 Å². The molecule has 0 aromatic heterocycles. The van der Waals surface area contributed by atoms with Gasteiger partial charge in [-0.2, -0.15) is 0 Å². The Morgan fingerprint density at radius 1 is 1.09 bits per heavy atom. The standard InChI is InChI=1S/C19H21NO3/c1-3-15-5-4-6-17(13-15)20-19(22)11-12-23-18-9-7-16(8-10-18)14(2)21/h4-10,13H,3,11-12H2,1-2H3,(H,20,22). The minimum atomic E-state index is -0.0846. The van der Waals surface area contributed by atoms with Crippen LogP contribution in [-0.4, -0.2) is 18.3 Å². The van der Waals surface area contributed by atoms with Gasteiger partial charge in [-0.3, -0.25) is 9.59 Å². The number of rotatable bonds is 7. The molecule has 120 valence electrons. The van der Waals surface area contributed by atoms with Crippen molar-refractivity contribution in [1.29, 1.82) is 0 Å². The van der Waals surface area contributed by atoms with Gasteiger partial charge < -0.3 is 10.1 Å². The lowest BCUT2D eigenvalue weighted by Crippen LogP contribution is -2.15. The quantitative estimate of drug-likeness (QED) is 0.790. The number of carbonyl (C=O) groups is 2. The molecule has 4 nitrogen and oxygen atoms in total. The average Bonchev–Trinajstić information content (AvgIpc) is 2.55. The molecule has 0 aliphatic rings. The zero-order chi connectivity index (χ0) is 16.7. The zero-order valence-electron chi connectivity index (χ0n) is 13.5. The second kappa shape index (κ2) is 8.13. The third-order valence-electron chi connectivity index (χ3n) is 3.48. The van der Waals surface area contributed by atoms with Crippen LogP contribution in [0.4, 0.5) is 5.69 Å². The molecule has 1 amide bonds. The first-order chi connectivity index (χ1) is 11.1. The summed E-state index contributed by atoms with van der Waals surface area (Å²) in [5.41, 5.74) is 2.63. The van der Waals surface area contributed by atoms with Gasteiger partial charge in [-0.05, 0) is 55.3 Å². The highest BCUT2D eigenvalue weighted by Crippen LogP contribution is 2.14. The number of ether oxygens (including phenoxy) is 1. The molecule has 23 heavy (non-hydrogen) atoms. The molecule has 0 saturated heterocycles. The summed E-state index contributed by atoms with van der Waals surface area (Å²) in [7, 11) is 0. The Morgan fingerprint density at radius 2 is 1.83 bits per heavy atom. The molecule has 2 aromatic carbocycles. The van der Waals surface area contributed by atoms with Crippen molar-refractivity contribution in [2.24, 2.45) is 0 Å². The molecule has 0 heterocycles. The first-order valence-electron chi connectivity index (χ1n) is 7.71. The van der Waals surface area contributed by atoms with Gasteiger partial charge in [0.05, 0.1) is 13.0 Å². The summed E-state index contributed by atoms with van der Waals surface area (Å²) >= 11 is 0. The Bertz CT molecular complexity index is 677. The van der Waals surface area contributed by atoms with Gasteiger partial charge in [0.15, 0.2) is 5.78 Å². The van der Waals surface area contributed by atoms with E-state index in [9.17, 15) is 9.59 Å². The highest BCUT2D eigenvalue weighted by atomic mass is 16.5. The molecule has 4 heteroatoms. The predicted octanol–water partition coefficient (Wildman–Crippen LogP) is 3.86. The van der Waals surface area contributed by atoms with Crippen LogP contribution < -0.4 is 10.1 Å². The second-order valence-corrected chi connectivity index (χ2v) is 5.28. The summed E-state index contributed by atoms with van der Waals surface area (Å²) in [6.07, 6.45) is 1.20. The van der Waals surface area contributed by atoms with E-state index in [0.717, 1.165) is 12.1 Å². The van der Waals surface area contributed by atoms with Crippen LogP contribution in [0.1, 0.15) is 36.2 Å². The number of Topliss-reactive ketones (excluding diaryl/α,β-unsaturated/α-hetero) is 1. The number of hydrogen-bond acceptors (Lipinski definition) is 3. The van der Waals surface area contributed by atoms with E-state index in [1.54, 1.807) is 24.3 Å². The third kappa shape index (κ3) is 5.25. The number of anilines is 1. The summed E-state index contributed by atoms with van der Waals surface area (Å²) < 4.78 is 5.52. The third-order valence-corrected chi connectivity index (χ3v) is 3.48. The number of amides is 1. The molecule has 0 fully saturated rings. The Morgan fingerprint density at radius 3 is 2.48 bits per heavy atom. The van der Waals surface area contributed by atoms with Gasteiger partial charge in [-0.15, -0.1) is 0 Å². The summed E-state index contributed by atoms with van der Waals surface area (Å²) in [6, 6.07) is 14.7. The van der Waals surface area contributed by atoms with Gasteiger partial charge in [-0.1, -0.05) is 19.1 Å². The van der Waals surface area contributed by atoms with Crippen molar-refractivity contribution in [2.75, 3.05) is 11.9 Å². The monoisotopic (exact) mass is 311 g/mol. The SMILES string of the molecule is CCc1cccc(NC(=O)CCOc2ccc(C(C)=O)cc2)c1. The first kappa shape index (κ1) is 16.7. The summed E-state index contributed by atoms with van der Waals surface area (Å²) in [5, 5.41) is 2.86. The molecule has 2 aromatic rings. The lowest BCUT2D eigenvalue weighted by molar-refractivity contribution is -0.116. The van der Waals surface area contributed by atoms with Crippen LogP contribution in [0.5, 0.6) is 5.75 Å². The number of hydrogen-bond donors (Lipinski definition) is 1. The predicted molar refractivity (Wildman–Crippen MR) is 91.0 cm³/mol. The number of benzene rings is 2. The molecule has 0 saturated carbocycles.